The van der Waals surface area contributed by atoms with Gasteiger partial charge in [0.2, 0.25) is 5.76 Å². The fourth-order valence-corrected chi connectivity index (χ4v) is 1.42. The highest BCUT2D eigenvalue weighted by molar-refractivity contribution is 5.86. The van der Waals surface area contributed by atoms with E-state index in [0.29, 0.717) is 30.8 Å². The van der Waals surface area contributed by atoms with Crippen molar-refractivity contribution in [3.05, 3.63) is 23.2 Å². The van der Waals surface area contributed by atoms with E-state index in [1.54, 1.807) is 13.0 Å². The third-order valence-corrected chi connectivity index (χ3v) is 2.19. The minimum atomic E-state index is -1.05. The van der Waals surface area contributed by atoms with E-state index < -0.39 is 5.97 Å². The molecule has 1 N–H and O–H groups in total. The van der Waals surface area contributed by atoms with Crippen LogP contribution in [-0.2, 0) is 6.54 Å². The van der Waals surface area contributed by atoms with Crippen LogP contribution in [-0.4, -0.2) is 29.6 Å². The molecule has 0 atom stereocenters. The molecule has 0 radical (unpaired) electrons. The molecule has 0 saturated heterocycles. The van der Waals surface area contributed by atoms with Crippen LogP contribution in [0.25, 0.3) is 0 Å². The Kier molecular flexibility index (Phi) is 4.09. The van der Waals surface area contributed by atoms with Crippen molar-refractivity contribution in [1.29, 1.82) is 5.26 Å². The summed E-state index contributed by atoms with van der Waals surface area (Å²) in [7, 11) is 1.86. The highest BCUT2D eigenvalue weighted by atomic mass is 16.4. The van der Waals surface area contributed by atoms with Crippen LogP contribution in [0.4, 0.5) is 0 Å². The third-order valence-electron chi connectivity index (χ3n) is 2.19. The van der Waals surface area contributed by atoms with E-state index >= 15 is 0 Å². The van der Waals surface area contributed by atoms with Crippen LogP contribution in [0.5, 0.6) is 0 Å². The molecule has 0 fully saturated rings. The van der Waals surface area contributed by atoms with Crippen molar-refractivity contribution in [1.82, 2.24) is 4.90 Å². The van der Waals surface area contributed by atoms with E-state index in [1.165, 1.54) is 0 Å². The van der Waals surface area contributed by atoms with E-state index in [1.807, 2.05) is 11.9 Å². The molecule has 1 aromatic rings. The second-order valence-corrected chi connectivity index (χ2v) is 3.68. The number of aromatic carboxylic acids is 1. The normalized spacial score (nSPS) is 10.4. The van der Waals surface area contributed by atoms with Crippen LogP contribution in [0.3, 0.4) is 0 Å². The predicted octanol–water partition coefficient (Wildman–Crippen LogP) is 1.63. The summed E-state index contributed by atoms with van der Waals surface area (Å²) in [5, 5.41) is 17.2. The van der Waals surface area contributed by atoms with Crippen molar-refractivity contribution < 1.29 is 14.3 Å². The lowest BCUT2D eigenvalue weighted by molar-refractivity contribution is 0.0657. The number of carboxylic acids is 1. The van der Waals surface area contributed by atoms with Gasteiger partial charge in [-0.1, -0.05) is 0 Å². The molecule has 0 bridgehead atoms. The number of aryl methyl sites for hydroxylation is 1. The minimum Gasteiger partial charge on any atom is -0.475 e. The van der Waals surface area contributed by atoms with Crippen molar-refractivity contribution in [2.45, 2.75) is 19.9 Å². The fraction of sp³-hybridized carbons (Fsp3) is 0.455. The monoisotopic (exact) mass is 222 g/mol. The Labute approximate surface area is 93.9 Å². The first-order chi connectivity index (χ1) is 7.54. The number of furan rings is 1. The zero-order valence-electron chi connectivity index (χ0n) is 9.36. The molecule has 0 aliphatic carbocycles. The highest BCUT2D eigenvalue weighted by Crippen LogP contribution is 2.15. The van der Waals surface area contributed by atoms with E-state index in [0.717, 1.165) is 0 Å². The van der Waals surface area contributed by atoms with E-state index in [9.17, 15) is 4.79 Å². The molecule has 0 amide bonds. The molecule has 1 heterocycles. The second kappa shape index (κ2) is 5.33. The van der Waals surface area contributed by atoms with Gasteiger partial charge in [0, 0.05) is 18.5 Å². The highest BCUT2D eigenvalue weighted by Gasteiger charge is 2.14. The van der Waals surface area contributed by atoms with Gasteiger partial charge < -0.3 is 9.52 Å². The van der Waals surface area contributed by atoms with Crippen LogP contribution in [0.1, 0.15) is 28.3 Å². The van der Waals surface area contributed by atoms with Gasteiger partial charge in [0.1, 0.15) is 5.76 Å². The zero-order valence-corrected chi connectivity index (χ0v) is 9.36. The topological polar surface area (TPSA) is 77.5 Å². The maximum atomic E-state index is 10.7. The zero-order chi connectivity index (χ0) is 12.1. The van der Waals surface area contributed by atoms with Crippen molar-refractivity contribution in [2.24, 2.45) is 0 Å². The third kappa shape index (κ3) is 3.11. The molecule has 16 heavy (non-hydrogen) atoms. The van der Waals surface area contributed by atoms with Crippen molar-refractivity contribution in [2.75, 3.05) is 13.6 Å². The standard InChI is InChI=1S/C11H14N2O3/c1-8-6-9(16-10(8)11(14)15)7-13(2)5-3-4-12/h6H,3,5,7H2,1-2H3,(H,14,15). The lowest BCUT2D eigenvalue weighted by Crippen LogP contribution is -2.18. The summed E-state index contributed by atoms with van der Waals surface area (Å²) in [6.45, 7) is 2.85. The van der Waals surface area contributed by atoms with Gasteiger partial charge in [-0.25, -0.2) is 4.79 Å². The van der Waals surface area contributed by atoms with Crippen LogP contribution < -0.4 is 0 Å². The minimum absolute atomic E-state index is 0.0105. The molecule has 0 saturated carbocycles. The lowest BCUT2D eigenvalue weighted by Gasteiger charge is -2.12. The Hall–Kier alpha value is -1.80. The maximum absolute atomic E-state index is 10.7. The summed E-state index contributed by atoms with van der Waals surface area (Å²) in [5.41, 5.74) is 0.621. The first-order valence-electron chi connectivity index (χ1n) is 4.92. The molecule has 0 aromatic carbocycles. The number of nitriles is 1. The van der Waals surface area contributed by atoms with Gasteiger partial charge in [-0.3, -0.25) is 4.90 Å². The van der Waals surface area contributed by atoms with E-state index in [4.69, 9.17) is 14.8 Å². The van der Waals surface area contributed by atoms with Crippen LogP contribution >= 0.6 is 0 Å². The van der Waals surface area contributed by atoms with Crippen LogP contribution in [0.2, 0.25) is 0 Å². The van der Waals surface area contributed by atoms with E-state index in [2.05, 4.69) is 6.07 Å². The largest absolute Gasteiger partial charge is 0.475 e. The average molecular weight is 222 g/mol. The number of carboxylic acid groups (broad SMARTS) is 1. The molecule has 5 heteroatoms. The Morgan fingerprint density at radius 3 is 2.88 bits per heavy atom. The van der Waals surface area contributed by atoms with Gasteiger partial charge in [0.05, 0.1) is 12.6 Å². The Morgan fingerprint density at radius 2 is 2.38 bits per heavy atom. The average Bonchev–Trinajstić information content (AvgIpc) is 2.56. The number of hydrogen-bond acceptors (Lipinski definition) is 4. The molecule has 1 aromatic heterocycles. The number of rotatable bonds is 5. The summed E-state index contributed by atoms with van der Waals surface area (Å²) in [5.74, 6) is -0.456. The smallest absolute Gasteiger partial charge is 0.372 e. The SMILES string of the molecule is Cc1cc(CN(C)CCC#N)oc1C(=O)O. The molecule has 0 spiro atoms. The first kappa shape index (κ1) is 12.3. The van der Waals surface area contributed by atoms with Gasteiger partial charge in [0.25, 0.3) is 0 Å². The molecular formula is C11H14N2O3. The lowest BCUT2D eigenvalue weighted by atomic mass is 10.2. The fourth-order valence-electron chi connectivity index (χ4n) is 1.42. The quantitative estimate of drug-likeness (QED) is 0.819. The predicted molar refractivity (Wildman–Crippen MR) is 57.0 cm³/mol. The van der Waals surface area contributed by atoms with Gasteiger partial charge in [-0.2, -0.15) is 5.26 Å². The van der Waals surface area contributed by atoms with E-state index in [-0.39, 0.29) is 5.76 Å². The van der Waals surface area contributed by atoms with Crippen LogP contribution in [0, 0.1) is 18.3 Å². The summed E-state index contributed by atoms with van der Waals surface area (Å²) in [6, 6.07) is 3.77. The Morgan fingerprint density at radius 1 is 1.69 bits per heavy atom. The molecule has 86 valence electrons. The van der Waals surface area contributed by atoms with Gasteiger partial charge >= 0.3 is 5.97 Å². The van der Waals surface area contributed by atoms with Crippen molar-refractivity contribution in [3.63, 3.8) is 0 Å². The number of nitrogens with zero attached hydrogens (tertiary/aromatic N) is 2. The van der Waals surface area contributed by atoms with Gasteiger partial charge in [-0.05, 0) is 20.0 Å². The molecule has 5 nitrogen and oxygen atoms in total. The summed E-state index contributed by atoms with van der Waals surface area (Å²) < 4.78 is 5.20. The Balaban J connectivity index is 2.65. The number of carbonyl (C=O) groups is 1. The molecule has 0 aliphatic rings. The van der Waals surface area contributed by atoms with Crippen LogP contribution in [0.15, 0.2) is 10.5 Å². The summed E-state index contributed by atoms with van der Waals surface area (Å²) in [6.07, 6.45) is 0.446. The number of hydrogen-bond donors (Lipinski definition) is 1. The van der Waals surface area contributed by atoms with Crippen molar-refractivity contribution in [3.8, 4) is 6.07 Å². The Bertz CT molecular complexity index is 417. The first-order valence-corrected chi connectivity index (χ1v) is 4.92. The molecule has 1 rings (SSSR count). The molecule has 0 unspecified atom stereocenters. The second-order valence-electron chi connectivity index (χ2n) is 3.68. The van der Waals surface area contributed by atoms with Gasteiger partial charge in [0.15, 0.2) is 0 Å². The maximum Gasteiger partial charge on any atom is 0.372 e. The summed E-state index contributed by atoms with van der Waals surface area (Å²) in [4.78, 5) is 12.7. The molecular weight excluding hydrogens is 208 g/mol. The van der Waals surface area contributed by atoms with Gasteiger partial charge in [-0.15, -0.1) is 0 Å². The summed E-state index contributed by atoms with van der Waals surface area (Å²) >= 11 is 0. The molecule has 0 aliphatic heterocycles. The van der Waals surface area contributed by atoms with Crippen molar-refractivity contribution >= 4 is 5.97 Å².